The van der Waals surface area contributed by atoms with E-state index in [0.717, 1.165) is 30.6 Å². The van der Waals surface area contributed by atoms with Gasteiger partial charge in [0.15, 0.2) is 5.69 Å². The predicted molar refractivity (Wildman–Crippen MR) is 75.6 cm³/mol. The number of carbonyl (C=O) groups excluding carboxylic acids is 1. The summed E-state index contributed by atoms with van der Waals surface area (Å²) in [6.07, 6.45) is 2.00. The molecule has 0 bridgehead atoms. The van der Waals surface area contributed by atoms with Gasteiger partial charge in [0.05, 0.1) is 12.2 Å². The van der Waals surface area contributed by atoms with E-state index in [-0.39, 0.29) is 23.8 Å². The second-order valence-corrected chi connectivity index (χ2v) is 6.38. The molecule has 2 N–H and O–H groups in total. The molecule has 1 aromatic heterocycles. The molecule has 1 aromatic rings. The average molecular weight is 331 g/mol. The second kappa shape index (κ2) is 6.10. The number of halogens is 3. The summed E-state index contributed by atoms with van der Waals surface area (Å²) in [5.74, 6) is -0.708. The quantitative estimate of drug-likeness (QED) is 0.914. The number of aromatic nitrogens is 3. The summed E-state index contributed by atoms with van der Waals surface area (Å²) in [4.78, 5) is 13.2. The minimum absolute atomic E-state index is 0.0427. The van der Waals surface area contributed by atoms with Gasteiger partial charge in [0.2, 0.25) is 0 Å². The molecule has 2 atom stereocenters. The lowest BCUT2D eigenvalue weighted by molar-refractivity contribution is -0.141. The van der Waals surface area contributed by atoms with E-state index in [9.17, 15) is 18.0 Å². The van der Waals surface area contributed by atoms with Gasteiger partial charge in [0.25, 0.3) is 5.91 Å². The third-order valence-electron chi connectivity index (χ3n) is 4.45. The summed E-state index contributed by atoms with van der Waals surface area (Å²) in [5, 5.41) is 7.71. The Bertz CT molecular complexity index is 569. The van der Waals surface area contributed by atoms with Crippen LogP contribution in [0.2, 0.25) is 0 Å². The Morgan fingerprint density at radius 1 is 1.30 bits per heavy atom. The number of nitrogens with zero attached hydrogens (tertiary/aromatic N) is 4. The first-order chi connectivity index (χ1) is 10.8. The average Bonchev–Trinajstić information content (AvgIpc) is 3.21. The Hall–Kier alpha value is -1.64. The molecule has 3 rings (SSSR count). The number of nitrogens with two attached hydrogens (primary N) is 1. The monoisotopic (exact) mass is 331 g/mol. The standard InChI is InChI=1S/C14H20F3N5O/c15-14(16,17)8-21(9-5-6-9)13(23)11-7-22(20-19-11)12-4-2-1-3-10(12)18/h7,9-10,12H,1-6,8,18H2/t10-,12+/m1/s1. The maximum Gasteiger partial charge on any atom is 0.406 e. The van der Waals surface area contributed by atoms with Crippen molar-refractivity contribution in [2.45, 2.75) is 62.8 Å². The Balaban J connectivity index is 1.74. The molecular formula is C14H20F3N5O. The zero-order valence-corrected chi connectivity index (χ0v) is 12.7. The van der Waals surface area contributed by atoms with E-state index < -0.39 is 18.6 Å². The van der Waals surface area contributed by atoms with E-state index in [1.54, 1.807) is 0 Å². The molecular weight excluding hydrogens is 311 g/mol. The largest absolute Gasteiger partial charge is 0.406 e. The molecule has 0 aliphatic heterocycles. The van der Waals surface area contributed by atoms with Gasteiger partial charge in [-0.15, -0.1) is 5.10 Å². The molecule has 0 unspecified atom stereocenters. The fourth-order valence-corrected chi connectivity index (χ4v) is 3.10. The maximum absolute atomic E-state index is 12.7. The Kier molecular flexibility index (Phi) is 4.31. The Morgan fingerprint density at radius 2 is 2.00 bits per heavy atom. The van der Waals surface area contributed by atoms with Gasteiger partial charge in [0, 0.05) is 12.1 Å². The Morgan fingerprint density at radius 3 is 2.61 bits per heavy atom. The van der Waals surface area contributed by atoms with Crippen LogP contribution in [0.1, 0.15) is 55.1 Å². The zero-order valence-electron chi connectivity index (χ0n) is 12.7. The van der Waals surface area contributed by atoms with Crippen LogP contribution in [0.4, 0.5) is 13.2 Å². The second-order valence-electron chi connectivity index (χ2n) is 6.38. The fourth-order valence-electron chi connectivity index (χ4n) is 3.10. The first-order valence-corrected chi connectivity index (χ1v) is 7.90. The summed E-state index contributed by atoms with van der Waals surface area (Å²) < 4.78 is 39.5. The van der Waals surface area contributed by atoms with E-state index in [2.05, 4.69) is 10.3 Å². The number of alkyl halides is 3. The van der Waals surface area contributed by atoms with Crippen molar-refractivity contribution in [3.63, 3.8) is 0 Å². The molecule has 0 spiro atoms. The molecule has 23 heavy (non-hydrogen) atoms. The van der Waals surface area contributed by atoms with E-state index in [1.165, 1.54) is 10.9 Å². The van der Waals surface area contributed by atoms with Crippen LogP contribution >= 0.6 is 0 Å². The van der Waals surface area contributed by atoms with Gasteiger partial charge in [-0.2, -0.15) is 13.2 Å². The van der Waals surface area contributed by atoms with Crippen molar-refractivity contribution in [1.82, 2.24) is 19.9 Å². The van der Waals surface area contributed by atoms with Crippen LogP contribution in [0.5, 0.6) is 0 Å². The minimum atomic E-state index is -4.42. The molecule has 6 nitrogen and oxygen atoms in total. The van der Waals surface area contributed by atoms with Crippen molar-refractivity contribution in [2.75, 3.05) is 6.54 Å². The molecule has 2 aliphatic rings. The molecule has 1 heterocycles. The third kappa shape index (κ3) is 3.82. The lowest BCUT2D eigenvalue weighted by Crippen LogP contribution is -2.40. The van der Waals surface area contributed by atoms with Crippen molar-refractivity contribution in [3.8, 4) is 0 Å². The predicted octanol–water partition coefficient (Wildman–Crippen LogP) is 1.89. The summed E-state index contributed by atoms with van der Waals surface area (Å²) in [6.45, 7) is -1.24. The molecule has 1 amide bonds. The van der Waals surface area contributed by atoms with Crippen molar-refractivity contribution >= 4 is 5.91 Å². The summed E-state index contributed by atoms with van der Waals surface area (Å²) in [6, 6.07) is -0.455. The first-order valence-electron chi connectivity index (χ1n) is 7.90. The Labute approximate surface area is 131 Å². The van der Waals surface area contributed by atoms with Crippen molar-refractivity contribution < 1.29 is 18.0 Å². The van der Waals surface area contributed by atoms with Crippen molar-refractivity contribution in [2.24, 2.45) is 5.73 Å². The van der Waals surface area contributed by atoms with E-state index in [4.69, 9.17) is 5.73 Å². The number of hydrogen-bond acceptors (Lipinski definition) is 4. The van der Waals surface area contributed by atoms with E-state index >= 15 is 0 Å². The van der Waals surface area contributed by atoms with Gasteiger partial charge >= 0.3 is 6.18 Å². The van der Waals surface area contributed by atoms with Gasteiger partial charge in [0.1, 0.15) is 6.54 Å². The van der Waals surface area contributed by atoms with Gasteiger partial charge in [-0.3, -0.25) is 4.79 Å². The first kappa shape index (κ1) is 16.2. The topological polar surface area (TPSA) is 77.0 Å². The van der Waals surface area contributed by atoms with Crippen LogP contribution in [0.15, 0.2) is 6.20 Å². The molecule has 2 aliphatic carbocycles. The summed E-state index contributed by atoms with van der Waals surface area (Å²) in [7, 11) is 0. The maximum atomic E-state index is 12.7. The molecule has 0 aromatic carbocycles. The van der Waals surface area contributed by atoms with Gasteiger partial charge in [-0.05, 0) is 25.7 Å². The van der Waals surface area contributed by atoms with Crippen LogP contribution in [0, 0.1) is 0 Å². The lowest BCUT2D eigenvalue weighted by Gasteiger charge is -2.28. The van der Waals surface area contributed by atoms with Crippen LogP contribution in [0.25, 0.3) is 0 Å². The molecule has 128 valence electrons. The number of rotatable bonds is 4. The van der Waals surface area contributed by atoms with E-state index in [0.29, 0.717) is 12.8 Å². The van der Waals surface area contributed by atoms with Crippen LogP contribution in [-0.4, -0.2) is 50.6 Å². The highest BCUT2D eigenvalue weighted by molar-refractivity contribution is 5.92. The zero-order chi connectivity index (χ0) is 16.6. The highest BCUT2D eigenvalue weighted by Gasteiger charge is 2.41. The number of carbonyl (C=O) groups is 1. The highest BCUT2D eigenvalue weighted by Crippen LogP contribution is 2.31. The molecule has 9 heteroatoms. The molecule has 0 radical (unpaired) electrons. The molecule has 2 saturated carbocycles. The third-order valence-corrected chi connectivity index (χ3v) is 4.45. The minimum Gasteiger partial charge on any atom is -0.326 e. The van der Waals surface area contributed by atoms with Crippen LogP contribution in [0.3, 0.4) is 0 Å². The SMILES string of the molecule is N[C@@H]1CCCC[C@@H]1n1cc(C(=O)N(CC(F)(F)F)C2CC2)nn1. The fraction of sp³-hybridized carbons (Fsp3) is 0.786. The van der Waals surface area contributed by atoms with Gasteiger partial charge in [-0.25, -0.2) is 4.68 Å². The normalized spacial score (nSPS) is 25.4. The van der Waals surface area contributed by atoms with Crippen molar-refractivity contribution in [1.29, 1.82) is 0 Å². The molecule has 0 saturated heterocycles. The highest BCUT2D eigenvalue weighted by atomic mass is 19.4. The smallest absolute Gasteiger partial charge is 0.326 e. The number of amides is 1. The lowest BCUT2D eigenvalue weighted by atomic mass is 9.91. The van der Waals surface area contributed by atoms with Crippen LogP contribution < -0.4 is 5.73 Å². The summed E-state index contributed by atoms with van der Waals surface area (Å²) >= 11 is 0. The molecule has 2 fully saturated rings. The van der Waals surface area contributed by atoms with Crippen LogP contribution in [-0.2, 0) is 0 Å². The summed E-state index contributed by atoms with van der Waals surface area (Å²) in [5.41, 5.74) is 6.02. The van der Waals surface area contributed by atoms with Crippen molar-refractivity contribution in [3.05, 3.63) is 11.9 Å². The van der Waals surface area contributed by atoms with Gasteiger partial charge < -0.3 is 10.6 Å². The van der Waals surface area contributed by atoms with Gasteiger partial charge in [-0.1, -0.05) is 18.1 Å². The van der Waals surface area contributed by atoms with E-state index in [1.807, 2.05) is 0 Å². The number of hydrogen-bond donors (Lipinski definition) is 1.